The van der Waals surface area contributed by atoms with E-state index in [9.17, 15) is 4.79 Å². The van der Waals surface area contributed by atoms with E-state index in [-0.39, 0.29) is 12.5 Å². The predicted molar refractivity (Wildman–Crippen MR) is 81.9 cm³/mol. The van der Waals surface area contributed by atoms with Gasteiger partial charge in [-0.15, -0.1) is 0 Å². The standard InChI is InChI=1S/C13H18BrN5O2/c1-4-21-8-18-6-11(5-15-18)16-12(20)7-19-10(3)13(14)9(2)17-19/h5-6H,4,7-8H2,1-3H3,(H,16,20). The van der Waals surface area contributed by atoms with Crippen molar-refractivity contribution in [3.63, 3.8) is 0 Å². The van der Waals surface area contributed by atoms with E-state index in [1.165, 1.54) is 0 Å². The molecule has 114 valence electrons. The van der Waals surface area contributed by atoms with E-state index in [1.807, 2.05) is 20.8 Å². The van der Waals surface area contributed by atoms with Gasteiger partial charge < -0.3 is 10.1 Å². The Hall–Kier alpha value is -1.67. The van der Waals surface area contributed by atoms with Gasteiger partial charge in [0.2, 0.25) is 5.91 Å². The Bertz CT molecular complexity index is 635. The number of halogens is 1. The third kappa shape index (κ3) is 3.92. The number of nitrogens with zero attached hydrogens (tertiary/aromatic N) is 4. The van der Waals surface area contributed by atoms with Crippen molar-refractivity contribution in [3.05, 3.63) is 28.3 Å². The highest BCUT2D eigenvalue weighted by atomic mass is 79.9. The lowest BCUT2D eigenvalue weighted by Gasteiger charge is -2.05. The molecule has 1 amide bonds. The van der Waals surface area contributed by atoms with Gasteiger partial charge in [0.1, 0.15) is 13.3 Å². The van der Waals surface area contributed by atoms with Crippen molar-refractivity contribution in [2.24, 2.45) is 0 Å². The molecule has 0 saturated heterocycles. The minimum Gasteiger partial charge on any atom is -0.360 e. The van der Waals surface area contributed by atoms with E-state index < -0.39 is 0 Å². The molecule has 8 heteroatoms. The van der Waals surface area contributed by atoms with E-state index in [2.05, 4.69) is 31.4 Å². The second-order valence-corrected chi connectivity index (χ2v) is 5.37. The van der Waals surface area contributed by atoms with E-state index in [0.29, 0.717) is 19.0 Å². The quantitative estimate of drug-likeness (QED) is 0.860. The zero-order valence-electron chi connectivity index (χ0n) is 12.3. The van der Waals surface area contributed by atoms with Crippen molar-refractivity contribution < 1.29 is 9.53 Å². The number of rotatable bonds is 6. The van der Waals surface area contributed by atoms with Crippen molar-refractivity contribution in [2.45, 2.75) is 34.0 Å². The lowest BCUT2D eigenvalue weighted by atomic mass is 10.4. The van der Waals surface area contributed by atoms with Gasteiger partial charge >= 0.3 is 0 Å². The molecular formula is C13H18BrN5O2. The Morgan fingerprint density at radius 2 is 2.24 bits per heavy atom. The molecule has 0 spiro atoms. The van der Waals surface area contributed by atoms with Crippen molar-refractivity contribution in [3.8, 4) is 0 Å². The van der Waals surface area contributed by atoms with Gasteiger partial charge in [0.05, 0.1) is 33.9 Å². The SMILES string of the molecule is CCOCn1cc(NC(=O)Cn2nc(C)c(Br)c2C)cn1. The largest absolute Gasteiger partial charge is 0.360 e. The first-order valence-electron chi connectivity index (χ1n) is 6.60. The summed E-state index contributed by atoms with van der Waals surface area (Å²) in [7, 11) is 0. The Morgan fingerprint density at radius 3 is 2.86 bits per heavy atom. The van der Waals surface area contributed by atoms with Crippen LogP contribution in [0, 0.1) is 13.8 Å². The van der Waals surface area contributed by atoms with Crippen molar-refractivity contribution in [1.82, 2.24) is 19.6 Å². The average Bonchev–Trinajstić information content (AvgIpc) is 2.98. The number of anilines is 1. The van der Waals surface area contributed by atoms with Crippen LogP contribution in [0.15, 0.2) is 16.9 Å². The Balaban J connectivity index is 1.95. The Kier molecular flexibility index (Phi) is 5.13. The molecule has 0 aliphatic heterocycles. The maximum Gasteiger partial charge on any atom is 0.246 e. The summed E-state index contributed by atoms with van der Waals surface area (Å²) in [6.45, 7) is 6.87. The summed E-state index contributed by atoms with van der Waals surface area (Å²) in [5.74, 6) is -0.149. The maximum absolute atomic E-state index is 12.0. The fourth-order valence-electron chi connectivity index (χ4n) is 1.85. The van der Waals surface area contributed by atoms with Crippen LogP contribution in [0.1, 0.15) is 18.3 Å². The number of aromatic nitrogens is 4. The van der Waals surface area contributed by atoms with Crippen molar-refractivity contribution >= 4 is 27.5 Å². The topological polar surface area (TPSA) is 74.0 Å². The normalized spacial score (nSPS) is 10.9. The summed E-state index contributed by atoms with van der Waals surface area (Å²) in [6.07, 6.45) is 3.32. The van der Waals surface area contributed by atoms with E-state index >= 15 is 0 Å². The number of ether oxygens (including phenoxy) is 1. The lowest BCUT2D eigenvalue weighted by Crippen LogP contribution is -2.20. The maximum atomic E-state index is 12.0. The molecule has 2 aromatic rings. The van der Waals surface area contributed by atoms with Gasteiger partial charge in [-0.25, -0.2) is 4.68 Å². The highest BCUT2D eigenvalue weighted by Crippen LogP contribution is 2.19. The molecule has 0 atom stereocenters. The molecule has 1 N–H and O–H groups in total. The molecule has 0 aliphatic rings. The van der Waals surface area contributed by atoms with Crippen LogP contribution in [0.25, 0.3) is 0 Å². The lowest BCUT2D eigenvalue weighted by molar-refractivity contribution is -0.116. The zero-order chi connectivity index (χ0) is 15.4. The minimum atomic E-state index is -0.149. The second-order valence-electron chi connectivity index (χ2n) is 4.58. The van der Waals surface area contributed by atoms with E-state index in [4.69, 9.17) is 4.74 Å². The third-order valence-electron chi connectivity index (χ3n) is 2.93. The molecule has 0 fully saturated rings. The van der Waals surface area contributed by atoms with Crippen LogP contribution in [0.2, 0.25) is 0 Å². The summed E-state index contributed by atoms with van der Waals surface area (Å²) in [4.78, 5) is 12.0. The number of carbonyl (C=O) groups is 1. The molecule has 0 aliphatic carbocycles. The second kappa shape index (κ2) is 6.86. The van der Waals surface area contributed by atoms with Gasteiger partial charge in [-0.1, -0.05) is 0 Å². The van der Waals surface area contributed by atoms with E-state index in [1.54, 1.807) is 21.8 Å². The predicted octanol–water partition coefficient (Wildman–Crippen LogP) is 2.09. The first kappa shape index (κ1) is 15.7. The van der Waals surface area contributed by atoms with E-state index in [0.717, 1.165) is 15.9 Å². The zero-order valence-corrected chi connectivity index (χ0v) is 13.8. The van der Waals surface area contributed by atoms with Crippen LogP contribution in [-0.4, -0.2) is 32.1 Å². The highest BCUT2D eigenvalue weighted by molar-refractivity contribution is 9.10. The molecule has 0 saturated carbocycles. The fourth-order valence-corrected chi connectivity index (χ4v) is 2.13. The molecule has 21 heavy (non-hydrogen) atoms. The average molecular weight is 356 g/mol. The smallest absolute Gasteiger partial charge is 0.246 e. The summed E-state index contributed by atoms with van der Waals surface area (Å²) in [5.41, 5.74) is 2.43. The number of nitrogens with one attached hydrogen (secondary N) is 1. The van der Waals surface area contributed by atoms with Crippen molar-refractivity contribution in [2.75, 3.05) is 11.9 Å². The molecule has 0 bridgehead atoms. The monoisotopic (exact) mass is 355 g/mol. The molecule has 7 nitrogen and oxygen atoms in total. The molecular weight excluding hydrogens is 338 g/mol. The highest BCUT2D eigenvalue weighted by Gasteiger charge is 2.12. The van der Waals surface area contributed by atoms with Crippen LogP contribution in [0.4, 0.5) is 5.69 Å². The Labute approximate surface area is 131 Å². The molecule has 0 unspecified atom stereocenters. The molecule has 0 radical (unpaired) electrons. The molecule has 2 heterocycles. The fraction of sp³-hybridized carbons (Fsp3) is 0.462. The summed E-state index contributed by atoms with van der Waals surface area (Å²) in [5, 5.41) is 11.2. The number of aryl methyl sites for hydroxylation is 1. The van der Waals surface area contributed by atoms with Gasteiger partial charge in [0.15, 0.2) is 0 Å². The first-order valence-corrected chi connectivity index (χ1v) is 7.40. The minimum absolute atomic E-state index is 0.149. The van der Waals surface area contributed by atoms with Gasteiger partial charge in [0, 0.05) is 6.61 Å². The summed E-state index contributed by atoms with van der Waals surface area (Å²) < 4.78 is 9.45. The number of carbonyl (C=O) groups excluding carboxylic acids is 1. The van der Waals surface area contributed by atoms with Gasteiger partial charge in [-0.3, -0.25) is 9.48 Å². The molecule has 2 rings (SSSR count). The van der Waals surface area contributed by atoms with Crippen LogP contribution in [0.3, 0.4) is 0 Å². The Morgan fingerprint density at radius 1 is 1.48 bits per heavy atom. The third-order valence-corrected chi connectivity index (χ3v) is 4.08. The van der Waals surface area contributed by atoms with Gasteiger partial charge in [-0.05, 0) is 36.7 Å². The number of amides is 1. The van der Waals surface area contributed by atoms with Crippen molar-refractivity contribution in [1.29, 1.82) is 0 Å². The van der Waals surface area contributed by atoms with Gasteiger partial charge in [0.25, 0.3) is 0 Å². The number of hydrogen-bond donors (Lipinski definition) is 1. The van der Waals surface area contributed by atoms with Crippen LogP contribution in [-0.2, 0) is 22.8 Å². The van der Waals surface area contributed by atoms with Crippen LogP contribution < -0.4 is 5.32 Å². The van der Waals surface area contributed by atoms with Gasteiger partial charge in [-0.2, -0.15) is 10.2 Å². The molecule has 2 aromatic heterocycles. The van der Waals surface area contributed by atoms with Crippen LogP contribution in [0.5, 0.6) is 0 Å². The first-order chi connectivity index (χ1) is 10.0. The number of hydrogen-bond acceptors (Lipinski definition) is 4. The van der Waals surface area contributed by atoms with Crippen LogP contribution >= 0.6 is 15.9 Å². The molecule has 0 aromatic carbocycles. The summed E-state index contributed by atoms with van der Waals surface area (Å²) >= 11 is 3.44. The summed E-state index contributed by atoms with van der Waals surface area (Å²) in [6, 6.07) is 0.